The summed E-state index contributed by atoms with van der Waals surface area (Å²) in [6, 6.07) is 11.4. The summed E-state index contributed by atoms with van der Waals surface area (Å²) < 4.78 is 39.9. The van der Waals surface area contributed by atoms with E-state index in [1.54, 1.807) is 31.4 Å². The van der Waals surface area contributed by atoms with Crippen molar-refractivity contribution >= 4 is 33.9 Å². The van der Waals surface area contributed by atoms with Gasteiger partial charge >= 0.3 is 5.91 Å². The molecule has 0 saturated carbocycles. The van der Waals surface area contributed by atoms with Gasteiger partial charge in [-0.05, 0) is 24.1 Å². The molecule has 0 aliphatic carbocycles. The summed E-state index contributed by atoms with van der Waals surface area (Å²) in [7, 11) is 1.57. The molecule has 6 nitrogen and oxygen atoms in total. The summed E-state index contributed by atoms with van der Waals surface area (Å²) >= 11 is -1.78. The Morgan fingerprint density at radius 2 is 2.14 bits per heavy atom. The number of nitrogens with one attached hydrogen (secondary N) is 1. The molecule has 2 heterocycles. The van der Waals surface area contributed by atoms with Crippen LogP contribution >= 0.6 is 0 Å². The van der Waals surface area contributed by atoms with E-state index in [4.69, 9.17) is 9.15 Å². The normalized spacial score (nSPS) is 14.8. The van der Waals surface area contributed by atoms with Crippen molar-refractivity contribution in [1.82, 2.24) is 4.72 Å². The number of carbonyl (C=O) groups is 1. The fourth-order valence-electron chi connectivity index (χ4n) is 3.06. The van der Waals surface area contributed by atoms with E-state index < -0.39 is 23.1 Å². The third kappa shape index (κ3) is 3.71. The minimum atomic E-state index is -1.78. The summed E-state index contributed by atoms with van der Waals surface area (Å²) in [4.78, 5) is 14.9. The van der Waals surface area contributed by atoms with Crippen LogP contribution in [0.15, 0.2) is 51.8 Å². The first-order chi connectivity index (χ1) is 13.5. The van der Waals surface area contributed by atoms with E-state index in [2.05, 4.69) is 4.72 Å². The average molecular weight is 402 g/mol. The number of hydrogen-bond donors (Lipinski definition) is 1. The summed E-state index contributed by atoms with van der Waals surface area (Å²) in [5.74, 6) is -1.21. The van der Waals surface area contributed by atoms with Gasteiger partial charge in [-0.15, -0.1) is 0 Å². The maximum absolute atomic E-state index is 14.4. The molecule has 0 bridgehead atoms. The van der Waals surface area contributed by atoms with Crippen molar-refractivity contribution in [3.8, 4) is 0 Å². The van der Waals surface area contributed by atoms with Gasteiger partial charge in [0.1, 0.15) is 22.8 Å². The predicted molar refractivity (Wildman–Crippen MR) is 104 cm³/mol. The lowest BCUT2D eigenvalue weighted by Crippen LogP contribution is -2.36. The zero-order valence-electron chi connectivity index (χ0n) is 15.2. The molecule has 1 N–H and O–H groups in total. The van der Waals surface area contributed by atoms with Crippen LogP contribution in [0.3, 0.4) is 0 Å². The molecule has 3 aromatic rings. The molecule has 0 spiro atoms. The van der Waals surface area contributed by atoms with Crippen LogP contribution in [-0.2, 0) is 22.7 Å². The second-order valence-electron chi connectivity index (χ2n) is 6.57. The molecule has 1 fully saturated rings. The lowest BCUT2D eigenvalue weighted by atomic mass is 10.1. The molecule has 1 aliphatic rings. The largest absolute Gasteiger partial charge is 0.588 e. The molecule has 1 atom stereocenters. The summed E-state index contributed by atoms with van der Waals surface area (Å²) in [6.07, 6.45) is 1.07. The van der Waals surface area contributed by atoms with Crippen LogP contribution in [0, 0.1) is 5.82 Å². The number of halogens is 1. The van der Waals surface area contributed by atoms with Gasteiger partial charge in [0.05, 0.1) is 12.0 Å². The minimum Gasteiger partial charge on any atom is -0.588 e. The molecule has 1 aliphatic heterocycles. The van der Waals surface area contributed by atoms with Crippen LogP contribution < -0.4 is 9.62 Å². The van der Waals surface area contributed by atoms with Crippen molar-refractivity contribution in [2.45, 2.75) is 17.9 Å². The molecule has 1 unspecified atom stereocenters. The van der Waals surface area contributed by atoms with Gasteiger partial charge in [0.15, 0.2) is 10.7 Å². The van der Waals surface area contributed by atoms with Crippen LogP contribution in [0.5, 0.6) is 0 Å². The van der Waals surface area contributed by atoms with Crippen molar-refractivity contribution in [2.24, 2.45) is 0 Å². The predicted octanol–water partition coefficient (Wildman–Crippen LogP) is 3.38. The highest BCUT2D eigenvalue weighted by molar-refractivity contribution is 7.90. The molecule has 1 aromatic heterocycles. The fourth-order valence-corrected chi connectivity index (χ4v) is 3.91. The number of methoxy groups -OCH3 is 1. The van der Waals surface area contributed by atoms with Crippen molar-refractivity contribution < 1.29 is 22.9 Å². The topological polar surface area (TPSA) is 77.8 Å². The van der Waals surface area contributed by atoms with Gasteiger partial charge < -0.3 is 18.6 Å². The highest BCUT2D eigenvalue weighted by Gasteiger charge is 2.23. The van der Waals surface area contributed by atoms with E-state index in [1.807, 2.05) is 11.0 Å². The number of amides is 1. The Morgan fingerprint density at radius 1 is 1.32 bits per heavy atom. The molecule has 8 heteroatoms. The Morgan fingerprint density at radius 3 is 2.86 bits per heavy atom. The number of hydrogen-bond acceptors (Lipinski definition) is 5. The second kappa shape index (κ2) is 7.83. The fraction of sp³-hybridized carbons (Fsp3) is 0.250. The Bertz CT molecular complexity index is 1020. The molecular formula is C20H19FN2O4S. The number of anilines is 1. The molecule has 1 saturated heterocycles. The number of benzene rings is 2. The van der Waals surface area contributed by atoms with E-state index in [1.165, 1.54) is 12.1 Å². The third-order valence-electron chi connectivity index (χ3n) is 4.63. The lowest BCUT2D eigenvalue weighted by Gasteiger charge is -2.33. The highest BCUT2D eigenvalue weighted by atomic mass is 32.2. The SMILES string of the molecule is COCc1cccc([S+]([O-])NC(=O)c2cc3c(F)cc(N4CCC4)cc3o2)c1. The molecule has 2 aromatic carbocycles. The standard InChI is InChI=1S/C20H19FN2O4S/c1-26-12-13-4-2-5-15(8-13)28(25)22-20(24)19-11-16-17(21)9-14(10-18(16)27-19)23-6-3-7-23/h2,4-5,8-11H,3,6-7,12H2,1H3,(H,22,24). The van der Waals surface area contributed by atoms with Crippen molar-refractivity contribution in [3.05, 3.63) is 59.6 Å². The van der Waals surface area contributed by atoms with Gasteiger partial charge in [-0.2, -0.15) is 4.72 Å². The second-order valence-corrected chi connectivity index (χ2v) is 7.78. The van der Waals surface area contributed by atoms with E-state index in [0.29, 0.717) is 17.1 Å². The quantitative estimate of drug-likeness (QED) is 0.640. The van der Waals surface area contributed by atoms with Crippen LogP contribution in [0.1, 0.15) is 22.5 Å². The Hall–Kier alpha value is -2.55. The van der Waals surface area contributed by atoms with E-state index in [9.17, 15) is 13.7 Å². The summed E-state index contributed by atoms with van der Waals surface area (Å²) in [5, 5.41) is 0.224. The molecular weight excluding hydrogens is 383 g/mol. The van der Waals surface area contributed by atoms with Gasteiger partial charge in [-0.1, -0.05) is 12.1 Å². The first-order valence-electron chi connectivity index (χ1n) is 8.84. The number of nitrogens with zero attached hydrogens (tertiary/aromatic N) is 1. The van der Waals surface area contributed by atoms with E-state index in [-0.39, 0.29) is 11.1 Å². The van der Waals surface area contributed by atoms with Gasteiger partial charge in [-0.3, -0.25) is 4.79 Å². The summed E-state index contributed by atoms with van der Waals surface area (Å²) in [6.45, 7) is 2.13. The maximum atomic E-state index is 14.4. The zero-order chi connectivity index (χ0) is 19.7. The number of rotatable bonds is 6. The average Bonchev–Trinajstić information content (AvgIpc) is 3.06. The zero-order valence-corrected chi connectivity index (χ0v) is 16.1. The molecule has 146 valence electrons. The first kappa shape index (κ1) is 18.8. The smallest absolute Gasteiger partial charge is 0.328 e. The Balaban J connectivity index is 1.53. The number of furan rings is 1. The van der Waals surface area contributed by atoms with Crippen molar-refractivity contribution in [3.63, 3.8) is 0 Å². The van der Waals surface area contributed by atoms with Crippen molar-refractivity contribution in [1.29, 1.82) is 0 Å². The number of carbonyl (C=O) groups excluding carboxylic acids is 1. The number of ether oxygens (including phenoxy) is 1. The number of fused-ring (bicyclic) bond motifs is 1. The lowest BCUT2D eigenvalue weighted by molar-refractivity contribution is 0.0956. The summed E-state index contributed by atoms with van der Waals surface area (Å²) in [5.41, 5.74) is 1.86. The van der Waals surface area contributed by atoms with Crippen molar-refractivity contribution in [2.75, 3.05) is 25.1 Å². The van der Waals surface area contributed by atoms with Gasteiger partial charge in [0.2, 0.25) is 0 Å². The van der Waals surface area contributed by atoms with Gasteiger partial charge in [0, 0.05) is 44.1 Å². The molecule has 1 amide bonds. The van der Waals surface area contributed by atoms with E-state index in [0.717, 1.165) is 30.8 Å². The van der Waals surface area contributed by atoms with Gasteiger partial charge in [0.25, 0.3) is 0 Å². The Kier molecular flexibility index (Phi) is 5.25. The molecule has 0 radical (unpaired) electrons. The highest BCUT2D eigenvalue weighted by Crippen LogP contribution is 2.30. The van der Waals surface area contributed by atoms with Crippen LogP contribution in [0.4, 0.5) is 10.1 Å². The minimum absolute atomic E-state index is 0.0870. The van der Waals surface area contributed by atoms with Gasteiger partial charge in [-0.25, -0.2) is 4.39 Å². The van der Waals surface area contributed by atoms with Crippen LogP contribution in [0.25, 0.3) is 11.0 Å². The maximum Gasteiger partial charge on any atom is 0.328 e. The molecule has 4 rings (SSSR count). The third-order valence-corrected chi connectivity index (χ3v) is 5.68. The van der Waals surface area contributed by atoms with Crippen LogP contribution in [-0.4, -0.2) is 30.7 Å². The monoisotopic (exact) mass is 402 g/mol. The molecule has 28 heavy (non-hydrogen) atoms. The Labute approximate surface area is 164 Å². The first-order valence-corrected chi connectivity index (χ1v) is 9.99. The van der Waals surface area contributed by atoms with Crippen LogP contribution in [0.2, 0.25) is 0 Å². The van der Waals surface area contributed by atoms with E-state index >= 15 is 0 Å².